The molecule has 1 aliphatic heterocycles. The van der Waals surface area contributed by atoms with Gasteiger partial charge < -0.3 is 10.5 Å². The van der Waals surface area contributed by atoms with Crippen molar-refractivity contribution >= 4 is 0 Å². The Morgan fingerprint density at radius 1 is 1.43 bits per heavy atom. The van der Waals surface area contributed by atoms with Crippen molar-refractivity contribution < 1.29 is 4.74 Å². The van der Waals surface area contributed by atoms with E-state index in [9.17, 15) is 0 Å². The molecule has 1 rings (SSSR count). The molecule has 1 fully saturated rings. The molecular formula is C12H21NO. The maximum atomic E-state index is 5.93. The smallest absolute Gasteiger partial charge is 0.0575 e. The van der Waals surface area contributed by atoms with E-state index in [1.807, 2.05) is 0 Å². The second-order valence-electron chi connectivity index (χ2n) is 4.07. The summed E-state index contributed by atoms with van der Waals surface area (Å²) in [6.07, 6.45) is 13.3. The molecule has 0 spiro atoms. The van der Waals surface area contributed by atoms with Gasteiger partial charge in [-0.25, -0.2) is 0 Å². The van der Waals surface area contributed by atoms with Gasteiger partial charge in [0.1, 0.15) is 0 Å². The molecule has 14 heavy (non-hydrogen) atoms. The number of ether oxygens (including phenoxy) is 1. The fourth-order valence-corrected chi connectivity index (χ4v) is 1.85. The van der Waals surface area contributed by atoms with Gasteiger partial charge >= 0.3 is 0 Å². The Hall–Kier alpha value is -0.520. The van der Waals surface area contributed by atoms with Crippen LogP contribution >= 0.6 is 0 Å². The molecule has 80 valence electrons. The van der Waals surface area contributed by atoms with Crippen LogP contribution in [0.1, 0.15) is 44.9 Å². The summed E-state index contributed by atoms with van der Waals surface area (Å²) < 4.78 is 5.64. The van der Waals surface area contributed by atoms with E-state index < -0.39 is 0 Å². The topological polar surface area (TPSA) is 35.2 Å². The van der Waals surface area contributed by atoms with Gasteiger partial charge in [-0.1, -0.05) is 0 Å². The predicted molar refractivity (Wildman–Crippen MR) is 58.9 cm³/mol. The van der Waals surface area contributed by atoms with Gasteiger partial charge in [0.15, 0.2) is 0 Å². The molecule has 0 aromatic rings. The van der Waals surface area contributed by atoms with Gasteiger partial charge in [0.05, 0.1) is 6.10 Å². The minimum atomic E-state index is 0.261. The van der Waals surface area contributed by atoms with Crippen molar-refractivity contribution in [1.82, 2.24) is 0 Å². The van der Waals surface area contributed by atoms with E-state index in [0.29, 0.717) is 6.10 Å². The molecule has 0 bridgehead atoms. The lowest BCUT2D eigenvalue weighted by Crippen LogP contribution is -2.25. The first-order valence-electron chi connectivity index (χ1n) is 5.63. The first-order chi connectivity index (χ1) is 6.83. The molecular weight excluding hydrogens is 174 g/mol. The van der Waals surface area contributed by atoms with Crippen LogP contribution in [0, 0.1) is 12.3 Å². The molecule has 0 radical (unpaired) electrons. The van der Waals surface area contributed by atoms with Crippen LogP contribution in [0.25, 0.3) is 0 Å². The number of terminal acetylenes is 1. The van der Waals surface area contributed by atoms with E-state index in [-0.39, 0.29) is 6.04 Å². The van der Waals surface area contributed by atoms with Gasteiger partial charge in [-0.05, 0) is 38.5 Å². The maximum absolute atomic E-state index is 5.93. The van der Waals surface area contributed by atoms with Gasteiger partial charge in [-0.15, -0.1) is 12.3 Å². The Bertz CT molecular complexity index is 179. The summed E-state index contributed by atoms with van der Waals surface area (Å²) >= 11 is 0. The molecule has 1 saturated heterocycles. The maximum Gasteiger partial charge on any atom is 0.0575 e. The largest absolute Gasteiger partial charge is 0.378 e. The molecule has 0 aromatic carbocycles. The van der Waals surface area contributed by atoms with Crippen molar-refractivity contribution in [3.63, 3.8) is 0 Å². The summed E-state index contributed by atoms with van der Waals surface area (Å²) in [5.41, 5.74) is 5.93. The average molecular weight is 195 g/mol. The summed E-state index contributed by atoms with van der Waals surface area (Å²) in [4.78, 5) is 0. The molecule has 1 aliphatic rings. The molecule has 0 amide bonds. The molecule has 0 saturated carbocycles. The minimum Gasteiger partial charge on any atom is -0.378 e. The van der Waals surface area contributed by atoms with Gasteiger partial charge in [-0.3, -0.25) is 0 Å². The molecule has 2 atom stereocenters. The van der Waals surface area contributed by atoms with Crippen LogP contribution < -0.4 is 5.73 Å². The molecule has 1 heterocycles. The SMILES string of the molecule is C#CCCC(N)CCC1CCCCO1. The fourth-order valence-electron chi connectivity index (χ4n) is 1.85. The zero-order valence-electron chi connectivity index (χ0n) is 8.87. The van der Waals surface area contributed by atoms with Crippen LogP contribution in [0.3, 0.4) is 0 Å². The van der Waals surface area contributed by atoms with E-state index in [4.69, 9.17) is 16.9 Å². The summed E-state index contributed by atoms with van der Waals surface area (Å²) in [5, 5.41) is 0. The third-order valence-corrected chi connectivity index (χ3v) is 2.79. The van der Waals surface area contributed by atoms with E-state index in [1.54, 1.807) is 0 Å². The Kier molecular flexibility index (Phi) is 5.66. The van der Waals surface area contributed by atoms with Crippen molar-refractivity contribution in [3.05, 3.63) is 0 Å². The van der Waals surface area contributed by atoms with Crippen LogP contribution in [-0.4, -0.2) is 18.8 Å². The Labute approximate surface area is 87.2 Å². The highest BCUT2D eigenvalue weighted by Crippen LogP contribution is 2.18. The highest BCUT2D eigenvalue weighted by molar-refractivity contribution is 4.85. The second-order valence-corrected chi connectivity index (χ2v) is 4.07. The Morgan fingerprint density at radius 2 is 2.29 bits per heavy atom. The van der Waals surface area contributed by atoms with E-state index in [2.05, 4.69) is 5.92 Å². The quantitative estimate of drug-likeness (QED) is 0.682. The zero-order valence-corrected chi connectivity index (χ0v) is 8.87. The lowest BCUT2D eigenvalue weighted by Gasteiger charge is -2.23. The van der Waals surface area contributed by atoms with Crippen molar-refractivity contribution in [3.8, 4) is 12.3 Å². The highest BCUT2D eigenvalue weighted by Gasteiger charge is 2.14. The summed E-state index contributed by atoms with van der Waals surface area (Å²) in [5.74, 6) is 2.63. The first kappa shape index (κ1) is 11.6. The first-order valence-corrected chi connectivity index (χ1v) is 5.63. The number of rotatable bonds is 5. The van der Waals surface area contributed by atoms with Gasteiger partial charge in [0, 0.05) is 19.1 Å². The molecule has 2 unspecified atom stereocenters. The molecule has 2 nitrogen and oxygen atoms in total. The summed E-state index contributed by atoms with van der Waals surface area (Å²) in [7, 11) is 0. The minimum absolute atomic E-state index is 0.261. The van der Waals surface area contributed by atoms with E-state index in [1.165, 1.54) is 19.3 Å². The van der Waals surface area contributed by atoms with Crippen LogP contribution in [0.15, 0.2) is 0 Å². The Morgan fingerprint density at radius 3 is 2.93 bits per heavy atom. The monoisotopic (exact) mass is 195 g/mol. The number of hydrogen-bond acceptors (Lipinski definition) is 2. The highest BCUT2D eigenvalue weighted by atomic mass is 16.5. The van der Waals surface area contributed by atoms with Gasteiger partial charge in [-0.2, -0.15) is 0 Å². The summed E-state index contributed by atoms with van der Waals surface area (Å²) in [6, 6.07) is 0.261. The molecule has 2 N–H and O–H groups in total. The zero-order chi connectivity index (χ0) is 10.2. The average Bonchev–Trinajstić information content (AvgIpc) is 2.25. The number of nitrogens with two attached hydrogens (primary N) is 1. The van der Waals surface area contributed by atoms with Crippen LogP contribution in [0.4, 0.5) is 0 Å². The van der Waals surface area contributed by atoms with Gasteiger partial charge in [0.2, 0.25) is 0 Å². The van der Waals surface area contributed by atoms with Crippen molar-refractivity contribution in [1.29, 1.82) is 0 Å². The van der Waals surface area contributed by atoms with Crippen LogP contribution in [0.2, 0.25) is 0 Å². The lowest BCUT2D eigenvalue weighted by atomic mass is 10.00. The van der Waals surface area contributed by atoms with Crippen molar-refractivity contribution in [2.45, 2.75) is 57.1 Å². The summed E-state index contributed by atoms with van der Waals surface area (Å²) in [6.45, 7) is 0.935. The lowest BCUT2D eigenvalue weighted by molar-refractivity contribution is 0.00906. The predicted octanol–water partition coefficient (Wildman–Crippen LogP) is 2.08. The normalized spacial score (nSPS) is 24.1. The molecule has 0 aromatic heterocycles. The Balaban J connectivity index is 2.03. The van der Waals surface area contributed by atoms with Gasteiger partial charge in [0.25, 0.3) is 0 Å². The van der Waals surface area contributed by atoms with Crippen molar-refractivity contribution in [2.75, 3.05) is 6.61 Å². The van der Waals surface area contributed by atoms with E-state index in [0.717, 1.165) is 32.3 Å². The fraction of sp³-hybridized carbons (Fsp3) is 0.833. The molecule has 0 aliphatic carbocycles. The van der Waals surface area contributed by atoms with Crippen LogP contribution in [-0.2, 0) is 4.74 Å². The standard InChI is InChI=1S/C12H21NO/c1-2-3-6-11(13)8-9-12-7-4-5-10-14-12/h1,11-12H,3-10,13H2. The third-order valence-electron chi connectivity index (χ3n) is 2.79. The third kappa shape index (κ3) is 4.64. The second kappa shape index (κ2) is 6.86. The number of hydrogen-bond donors (Lipinski definition) is 1. The molecule has 2 heteroatoms. The van der Waals surface area contributed by atoms with E-state index >= 15 is 0 Å². The van der Waals surface area contributed by atoms with Crippen LogP contribution in [0.5, 0.6) is 0 Å². The van der Waals surface area contributed by atoms with Crippen molar-refractivity contribution in [2.24, 2.45) is 5.73 Å².